The molecule has 0 aliphatic carbocycles. The molecule has 1 atom stereocenters. The zero-order valence-electron chi connectivity index (χ0n) is 11.9. The van der Waals surface area contributed by atoms with Crippen molar-refractivity contribution < 1.29 is 19.0 Å². The van der Waals surface area contributed by atoms with E-state index in [1.807, 2.05) is 32.0 Å². The number of alkyl halides is 1. The van der Waals surface area contributed by atoms with E-state index in [1.165, 1.54) is 7.11 Å². The number of nitrogens with one attached hydrogen (secondary N) is 1. The zero-order chi connectivity index (χ0) is 15.0. The monoisotopic (exact) mass is 345 g/mol. The lowest BCUT2D eigenvalue weighted by molar-refractivity contribution is -0.139. The number of hydrogen-bond donors (Lipinski definition) is 1. The number of halogens is 1. The summed E-state index contributed by atoms with van der Waals surface area (Å²) in [5, 5.41) is 3.14. The van der Waals surface area contributed by atoms with Crippen LogP contribution in [0.2, 0.25) is 0 Å². The van der Waals surface area contributed by atoms with E-state index in [1.54, 1.807) is 0 Å². The Morgan fingerprint density at radius 3 is 2.50 bits per heavy atom. The van der Waals surface area contributed by atoms with Crippen molar-refractivity contribution in [3.8, 4) is 11.5 Å². The highest BCUT2D eigenvalue weighted by Crippen LogP contribution is 2.30. The average molecular weight is 346 g/mol. The summed E-state index contributed by atoms with van der Waals surface area (Å²) < 4.78 is 15.7. The first-order valence-electron chi connectivity index (χ1n) is 6.47. The van der Waals surface area contributed by atoms with Crippen molar-refractivity contribution in [3.05, 3.63) is 18.2 Å². The Labute approximate surface area is 127 Å². The standard InChI is InChI=1S/C14H20BrNO4/c1-4-19-12-7-6-10(8-13(12)20-5-2)16-9-11(15)14(17)18-3/h6-8,11,16H,4-5,9H2,1-3H3. The second-order valence-corrected chi connectivity index (χ2v) is 5.00. The Bertz CT molecular complexity index is 439. The quantitative estimate of drug-likeness (QED) is 0.579. The second kappa shape index (κ2) is 8.68. The van der Waals surface area contributed by atoms with Crippen LogP contribution in [0, 0.1) is 0 Å². The predicted octanol–water partition coefficient (Wildman–Crippen LogP) is 2.83. The summed E-state index contributed by atoms with van der Waals surface area (Å²) in [5.41, 5.74) is 0.852. The van der Waals surface area contributed by atoms with Gasteiger partial charge in [-0.3, -0.25) is 4.79 Å². The van der Waals surface area contributed by atoms with Gasteiger partial charge in [0.15, 0.2) is 11.5 Å². The van der Waals surface area contributed by atoms with Crippen LogP contribution in [0.25, 0.3) is 0 Å². The molecule has 0 aliphatic rings. The van der Waals surface area contributed by atoms with E-state index >= 15 is 0 Å². The maximum atomic E-state index is 11.3. The fourth-order valence-corrected chi connectivity index (χ4v) is 1.93. The van der Waals surface area contributed by atoms with Crippen molar-refractivity contribution in [1.29, 1.82) is 0 Å². The van der Waals surface area contributed by atoms with Gasteiger partial charge in [-0.2, -0.15) is 0 Å². The minimum atomic E-state index is -0.394. The van der Waals surface area contributed by atoms with Crippen molar-refractivity contribution in [2.24, 2.45) is 0 Å². The van der Waals surface area contributed by atoms with Gasteiger partial charge in [0.25, 0.3) is 0 Å². The molecule has 1 unspecified atom stereocenters. The van der Waals surface area contributed by atoms with Crippen LogP contribution >= 0.6 is 15.9 Å². The maximum Gasteiger partial charge on any atom is 0.321 e. The molecule has 1 aromatic rings. The maximum absolute atomic E-state index is 11.3. The molecular weight excluding hydrogens is 326 g/mol. The highest BCUT2D eigenvalue weighted by atomic mass is 79.9. The number of anilines is 1. The van der Waals surface area contributed by atoms with E-state index in [0.717, 1.165) is 5.69 Å². The number of carbonyl (C=O) groups is 1. The van der Waals surface area contributed by atoms with Crippen LogP contribution in [0.1, 0.15) is 13.8 Å². The summed E-state index contributed by atoms with van der Waals surface area (Å²) >= 11 is 3.26. The van der Waals surface area contributed by atoms with Gasteiger partial charge < -0.3 is 19.5 Å². The fraction of sp³-hybridized carbons (Fsp3) is 0.500. The van der Waals surface area contributed by atoms with E-state index in [0.29, 0.717) is 31.3 Å². The Hall–Kier alpha value is -1.43. The smallest absolute Gasteiger partial charge is 0.321 e. The van der Waals surface area contributed by atoms with Gasteiger partial charge in [-0.15, -0.1) is 0 Å². The fourth-order valence-electron chi connectivity index (χ4n) is 1.58. The molecule has 1 aromatic carbocycles. The number of hydrogen-bond acceptors (Lipinski definition) is 5. The van der Waals surface area contributed by atoms with Crippen molar-refractivity contribution in [3.63, 3.8) is 0 Å². The van der Waals surface area contributed by atoms with Crippen molar-refractivity contribution >= 4 is 27.6 Å². The van der Waals surface area contributed by atoms with Crippen molar-refractivity contribution in [2.75, 3.05) is 32.2 Å². The highest BCUT2D eigenvalue weighted by molar-refractivity contribution is 9.10. The van der Waals surface area contributed by atoms with Crippen LogP contribution in [-0.2, 0) is 9.53 Å². The Balaban J connectivity index is 2.71. The zero-order valence-corrected chi connectivity index (χ0v) is 13.5. The third-order valence-corrected chi connectivity index (χ3v) is 3.18. The Kier molecular flexibility index (Phi) is 7.22. The average Bonchev–Trinajstić information content (AvgIpc) is 2.46. The highest BCUT2D eigenvalue weighted by Gasteiger charge is 2.15. The summed E-state index contributed by atoms with van der Waals surface area (Å²) in [7, 11) is 1.36. The Morgan fingerprint density at radius 2 is 1.90 bits per heavy atom. The number of benzene rings is 1. The Morgan fingerprint density at radius 1 is 1.25 bits per heavy atom. The van der Waals surface area contributed by atoms with E-state index in [-0.39, 0.29) is 5.97 Å². The van der Waals surface area contributed by atoms with Gasteiger partial charge in [0.1, 0.15) is 4.83 Å². The number of methoxy groups -OCH3 is 1. The molecule has 0 aliphatic heterocycles. The molecular formula is C14H20BrNO4. The molecule has 112 valence electrons. The van der Waals surface area contributed by atoms with Gasteiger partial charge >= 0.3 is 5.97 Å². The first-order valence-corrected chi connectivity index (χ1v) is 7.39. The first kappa shape index (κ1) is 16.6. The molecule has 0 bridgehead atoms. The molecule has 6 heteroatoms. The van der Waals surface area contributed by atoms with Crippen molar-refractivity contribution in [1.82, 2.24) is 0 Å². The lowest BCUT2D eigenvalue weighted by Crippen LogP contribution is -2.24. The lowest BCUT2D eigenvalue weighted by Gasteiger charge is -2.14. The third kappa shape index (κ3) is 4.92. The predicted molar refractivity (Wildman–Crippen MR) is 82.0 cm³/mol. The third-order valence-electron chi connectivity index (χ3n) is 2.49. The minimum absolute atomic E-state index is 0.312. The summed E-state index contributed by atoms with van der Waals surface area (Å²) in [4.78, 5) is 10.9. The minimum Gasteiger partial charge on any atom is -0.490 e. The molecule has 0 saturated heterocycles. The lowest BCUT2D eigenvalue weighted by atomic mass is 10.2. The first-order chi connectivity index (χ1) is 9.62. The molecule has 1 N–H and O–H groups in total. The summed E-state index contributed by atoms with van der Waals surface area (Å²) in [6, 6.07) is 5.58. The van der Waals surface area contributed by atoms with Gasteiger partial charge in [0.05, 0.1) is 20.3 Å². The molecule has 1 rings (SSSR count). The van der Waals surface area contributed by atoms with Gasteiger partial charge in [-0.1, -0.05) is 15.9 Å². The van der Waals surface area contributed by atoms with Crippen LogP contribution in [0.15, 0.2) is 18.2 Å². The summed E-state index contributed by atoms with van der Waals surface area (Å²) in [6.45, 7) is 5.41. The number of carbonyl (C=O) groups excluding carboxylic acids is 1. The normalized spacial score (nSPS) is 11.6. The number of rotatable bonds is 8. The van der Waals surface area contributed by atoms with Crippen molar-refractivity contribution in [2.45, 2.75) is 18.7 Å². The molecule has 0 amide bonds. The van der Waals surface area contributed by atoms with Crippen LogP contribution in [0.5, 0.6) is 11.5 Å². The van der Waals surface area contributed by atoms with Gasteiger partial charge in [0, 0.05) is 18.3 Å². The summed E-state index contributed by atoms with van der Waals surface area (Å²) in [6.07, 6.45) is 0. The molecule has 0 spiro atoms. The molecule has 0 aromatic heterocycles. The summed E-state index contributed by atoms with van der Waals surface area (Å²) in [5.74, 6) is 1.08. The van der Waals surface area contributed by atoms with E-state index in [9.17, 15) is 4.79 Å². The topological polar surface area (TPSA) is 56.8 Å². The van der Waals surface area contributed by atoms with Gasteiger partial charge in [0.2, 0.25) is 0 Å². The largest absolute Gasteiger partial charge is 0.490 e. The molecule has 0 radical (unpaired) electrons. The SMILES string of the molecule is CCOc1ccc(NCC(Br)C(=O)OC)cc1OCC. The molecule has 20 heavy (non-hydrogen) atoms. The van der Waals surface area contributed by atoms with Gasteiger partial charge in [-0.05, 0) is 26.0 Å². The van der Waals surface area contributed by atoms with E-state index in [4.69, 9.17) is 9.47 Å². The molecule has 5 nitrogen and oxygen atoms in total. The second-order valence-electron chi connectivity index (χ2n) is 3.90. The van der Waals surface area contributed by atoms with Crippen LogP contribution in [0.4, 0.5) is 5.69 Å². The number of ether oxygens (including phenoxy) is 3. The van der Waals surface area contributed by atoms with Gasteiger partial charge in [-0.25, -0.2) is 0 Å². The van der Waals surface area contributed by atoms with E-state index < -0.39 is 4.83 Å². The van der Waals surface area contributed by atoms with Crippen LogP contribution < -0.4 is 14.8 Å². The number of esters is 1. The van der Waals surface area contributed by atoms with E-state index in [2.05, 4.69) is 26.0 Å². The van der Waals surface area contributed by atoms with Crippen LogP contribution in [0.3, 0.4) is 0 Å². The molecule has 0 heterocycles. The molecule has 0 saturated carbocycles. The molecule has 0 fully saturated rings. The van der Waals surface area contributed by atoms with Crippen LogP contribution in [-0.4, -0.2) is 37.7 Å².